The van der Waals surface area contributed by atoms with Gasteiger partial charge in [-0.2, -0.15) is 0 Å². The normalized spacial score (nSPS) is 23.2. The van der Waals surface area contributed by atoms with Crippen LogP contribution in [-0.4, -0.2) is 36.7 Å². The van der Waals surface area contributed by atoms with Gasteiger partial charge in [-0.25, -0.2) is 8.78 Å². The summed E-state index contributed by atoms with van der Waals surface area (Å²) in [6, 6.07) is 13.5. The Hall–Kier alpha value is -2.60. The first-order valence-corrected chi connectivity index (χ1v) is 12.4. The van der Waals surface area contributed by atoms with Crippen molar-refractivity contribution in [3.8, 4) is 5.75 Å². The first kappa shape index (κ1) is 24.5. The monoisotopic (exact) mass is 469 g/mol. The van der Waals surface area contributed by atoms with Crippen LogP contribution in [-0.2, 0) is 0 Å². The Labute approximate surface area is 200 Å². The number of ether oxygens (including phenoxy) is 1. The number of carbonyl (C=O) groups is 2. The van der Waals surface area contributed by atoms with Gasteiger partial charge < -0.3 is 10.1 Å². The molecule has 1 N–H and O–H groups in total. The Morgan fingerprint density at radius 3 is 2.59 bits per heavy atom. The Kier molecular flexibility index (Phi) is 7.46. The van der Waals surface area contributed by atoms with Crippen molar-refractivity contribution in [3.05, 3.63) is 64.7 Å². The molecule has 0 aliphatic carbocycles. The third kappa shape index (κ3) is 5.07. The van der Waals surface area contributed by atoms with Gasteiger partial charge >= 0.3 is 0 Å². The smallest absolute Gasteiger partial charge is 0.263 e. The highest BCUT2D eigenvalue weighted by Gasteiger charge is 2.41. The highest BCUT2D eigenvalue weighted by atomic mass is 19.3. The number of alkyl halides is 2. The summed E-state index contributed by atoms with van der Waals surface area (Å²) in [5.74, 6) is -2.90. The number of halogens is 2. The topological polar surface area (TPSA) is 55.4 Å². The number of hydrogen-bond acceptors (Lipinski definition) is 4. The van der Waals surface area contributed by atoms with Crippen molar-refractivity contribution in [2.75, 3.05) is 13.1 Å². The van der Waals surface area contributed by atoms with E-state index in [1.807, 2.05) is 43.3 Å². The molecule has 4 nitrogen and oxygen atoms in total. The summed E-state index contributed by atoms with van der Waals surface area (Å²) in [5.41, 5.74) is 2.91. The molecule has 2 aromatic carbocycles. The second kappa shape index (κ2) is 10.3. The number of rotatable bonds is 9. The minimum absolute atomic E-state index is 0.0556. The summed E-state index contributed by atoms with van der Waals surface area (Å²) in [6.07, 6.45) is 2.48. The summed E-state index contributed by atoms with van der Waals surface area (Å²) in [7, 11) is 0. The van der Waals surface area contributed by atoms with Crippen LogP contribution in [0.1, 0.15) is 90.1 Å². The van der Waals surface area contributed by atoms with Crippen molar-refractivity contribution < 1.29 is 23.1 Å². The molecule has 34 heavy (non-hydrogen) atoms. The Balaban J connectivity index is 1.51. The third-order valence-corrected chi connectivity index (χ3v) is 7.16. The number of unbranched alkanes of at least 4 members (excludes halogenated alkanes) is 1. The van der Waals surface area contributed by atoms with E-state index in [4.69, 9.17) is 4.74 Å². The molecule has 0 spiro atoms. The van der Waals surface area contributed by atoms with E-state index in [0.29, 0.717) is 55.5 Å². The quantitative estimate of drug-likeness (QED) is 0.352. The zero-order chi connectivity index (χ0) is 24.3. The molecule has 0 unspecified atom stereocenters. The molecule has 1 saturated heterocycles. The van der Waals surface area contributed by atoms with Gasteiger partial charge in [-0.15, -0.1) is 0 Å². The highest BCUT2D eigenvalue weighted by molar-refractivity contribution is 6.04. The highest BCUT2D eigenvalue weighted by Crippen LogP contribution is 2.45. The first-order valence-electron chi connectivity index (χ1n) is 12.4. The van der Waals surface area contributed by atoms with E-state index >= 15 is 0 Å². The molecular formula is C28H33F2NO3. The lowest BCUT2D eigenvalue weighted by atomic mass is 9.85. The fourth-order valence-corrected chi connectivity index (χ4v) is 5.25. The van der Waals surface area contributed by atoms with E-state index in [-0.39, 0.29) is 36.6 Å². The third-order valence-electron chi connectivity index (χ3n) is 7.16. The SMILES string of the molecule is CCC(=O)c1cc(C(=O)CCCC[C@H]2CCNCC2(F)F)cc2c1O[C@@H](C)[C@@H]2c1ccccc1. The van der Waals surface area contributed by atoms with Crippen LogP contribution in [0.2, 0.25) is 0 Å². The Morgan fingerprint density at radius 1 is 1.12 bits per heavy atom. The van der Waals surface area contributed by atoms with Crippen LogP contribution >= 0.6 is 0 Å². The van der Waals surface area contributed by atoms with Crippen LogP contribution in [0.5, 0.6) is 5.75 Å². The average molecular weight is 470 g/mol. The van der Waals surface area contributed by atoms with Gasteiger partial charge in [-0.05, 0) is 50.4 Å². The minimum Gasteiger partial charge on any atom is -0.489 e. The molecule has 0 aromatic heterocycles. The maximum absolute atomic E-state index is 14.0. The van der Waals surface area contributed by atoms with Gasteiger partial charge in [0.15, 0.2) is 11.6 Å². The molecule has 182 valence electrons. The van der Waals surface area contributed by atoms with Crippen LogP contribution in [0.4, 0.5) is 8.78 Å². The lowest BCUT2D eigenvalue weighted by Crippen LogP contribution is -2.45. The van der Waals surface area contributed by atoms with Crippen molar-refractivity contribution in [3.63, 3.8) is 0 Å². The summed E-state index contributed by atoms with van der Waals surface area (Å²) >= 11 is 0. The number of ketones is 2. The summed E-state index contributed by atoms with van der Waals surface area (Å²) in [6.45, 7) is 4.14. The average Bonchev–Trinajstić information content (AvgIpc) is 3.17. The molecule has 0 amide bonds. The van der Waals surface area contributed by atoms with E-state index in [2.05, 4.69) is 5.32 Å². The lowest BCUT2D eigenvalue weighted by Gasteiger charge is -2.31. The van der Waals surface area contributed by atoms with Crippen molar-refractivity contribution in [1.82, 2.24) is 5.32 Å². The molecule has 1 fully saturated rings. The van der Waals surface area contributed by atoms with Crippen molar-refractivity contribution in [2.24, 2.45) is 5.92 Å². The van der Waals surface area contributed by atoms with Crippen LogP contribution in [0.3, 0.4) is 0 Å². The Bertz CT molecular complexity index is 1040. The molecule has 2 aliphatic heterocycles. The molecule has 4 rings (SSSR count). The number of piperidine rings is 1. The fourth-order valence-electron chi connectivity index (χ4n) is 5.25. The number of fused-ring (bicyclic) bond motifs is 1. The molecule has 0 saturated carbocycles. The largest absolute Gasteiger partial charge is 0.489 e. The first-order chi connectivity index (χ1) is 16.3. The van der Waals surface area contributed by atoms with Gasteiger partial charge in [0.2, 0.25) is 0 Å². The minimum atomic E-state index is -2.68. The lowest BCUT2D eigenvalue weighted by molar-refractivity contribution is -0.0765. The van der Waals surface area contributed by atoms with E-state index in [1.165, 1.54) is 0 Å². The van der Waals surface area contributed by atoms with Crippen molar-refractivity contribution >= 4 is 11.6 Å². The zero-order valence-electron chi connectivity index (χ0n) is 19.9. The molecule has 2 heterocycles. The predicted octanol–water partition coefficient (Wildman–Crippen LogP) is 6.18. The predicted molar refractivity (Wildman–Crippen MR) is 128 cm³/mol. The van der Waals surface area contributed by atoms with Gasteiger partial charge in [0.25, 0.3) is 5.92 Å². The fraction of sp³-hybridized carbons (Fsp3) is 0.500. The van der Waals surface area contributed by atoms with Crippen LogP contribution in [0.15, 0.2) is 42.5 Å². The van der Waals surface area contributed by atoms with Crippen molar-refractivity contribution in [1.29, 1.82) is 0 Å². The second-order valence-corrected chi connectivity index (χ2v) is 9.52. The van der Waals surface area contributed by atoms with E-state index in [9.17, 15) is 18.4 Å². The molecule has 0 radical (unpaired) electrons. The van der Waals surface area contributed by atoms with Gasteiger partial charge in [0.1, 0.15) is 11.9 Å². The van der Waals surface area contributed by atoms with Gasteiger partial charge in [0, 0.05) is 35.8 Å². The van der Waals surface area contributed by atoms with Gasteiger partial charge in [-0.3, -0.25) is 9.59 Å². The van der Waals surface area contributed by atoms with Crippen LogP contribution in [0, 0.1) is 5.92 Å². The summed E-state index contributed by atoms with van der Waals surface area (Å²) in [5, 5.41) is 2.75. The summed E-state index contributed by atoms with van der Waals surface area (Å²) < 4.78 is 34.2. The number of carbonyl (C=O) groups excluding carboxylic acids is 2. The molecule has 2 aliphatic rings. The van der Waals surface area contributed by atoms with Gasteiger partial charge in [0.05, 0.1) is 12.1 Å². The maximum atomic E-state index is 14.0. The van der Waals surface area contributed by atoms with Crippen LogP contribution < -0.4 is 10.1 Å². The molecular weight excluding hydrogens is 436 g/mol. The molecule has 0 bridgehead atoms. The number of Topliss-reactive ketones (excluding diaryl/α,β-unsaturated/α-hetero) is 2. The standard InChI is InChI=1S/C28H33F2NO3/c1-3-24(32)22-15-20(25(33)12-8-7-11-21-13-14-31-17-28(21,29)30)16-23-26(18(2)34-27(22)23)19-9-5-4-6-10-19/h4-6,9-10,15-16,18,21,26,31H,3,7-8,11-14,17H2,1-2H3/t18-,21-,26+/m0/s1. The Morgan fingerprint density at radius 2 is 1.88 bits per heavy atom. The molecule has 2 aromatic rings. The van der Waals surface area contributed by atoms with Crippen molar-refractivity contribution in [2.45, 2.75) is 70.3 Å². The zero-order valence-corrected chi connectivity index (χ0v) is 19.9. The summed E-state index contributed by atoms with van der Waals surface area (Å²) in [4.78, 5) is 25.8. The van der Waals surface area contributed by atoms with E-state index in [1.54, 1.807) is 13.0 Å². The number of hydrogen-bond donors (Lipinski definition) is 1. The second-order valence-electron chi connectivity index (χ2n) is 9.52. The maximum Gasteiger partial charge on any atom is 0.263 e. The number of nitrogens with one attached hydrogen (secondary N) is 1. The molecule has 3 atom stereocenters. The number of benzene rings is 2. The molecule has 6 heteroatoms. The van der Waals surface area contributed by atoms with Gasteiger partial charge in [-0.1, -0.05) is 43.7 Å². The van der Waals surface area contributed by atoms with E-state index in [0.717, 1.165) is 11.1 Å². The van der Waals surface area contributed by atoms with E-state index < -0.39 is 11.8 Å². The van der Waals surface area contributed by atoms with Crippen LogP contribution in [0.25, 0.3) is 0 Å².